The fraction of sp³-hybridized carbons (Fsp3) is 1.00. The summed E-state index contributed by atoms with van der Waals surface area (Å²) >= 11 is 0. The minimum Gasteiger partial charge on any atom is -0.379 e. The van der Waals surface area contributed by atoms with Crippen LogP contribution in [0.2, 0.25) is 0 Å². The first kappa shape index (κ1) is 14.8. The molecule has 1 saturated carbocycles. The van der Waals surface area contributed by atoms with E-state index in [4.69, 9.17) is 10.5 Å². The lowest BCUT2D eigenvalue weighted by molar-refractivity contribution is 0.0178. The van der Waals surface area contributed by atoms with E-state index in [1.54, 1.807) is 0 Å². The lowest BCUT2D eigenvalue weighted by Crippen LogP contribution is -2.53. The molecule has 3 rings (SSSR count). The maximum Gasteiger partial charge on any atom is 0.0594 e. The summed E-state index contributed by atoms with van der Waals surface area (Å²) in [4.78, 5) is 5.24. The van der Waals surface area contributed by atoms with Crippen LogP contribution in [-0.4, -0.2) is 67.3 Å². The van der Waals surface area contributed by atoms with Crippen molar-refractivity contribution >= 4 is 0 Å². The van der Waals surface area contributed by atoms with E-state index in [1.165, 1.54) is 45.2 Å². The first-order valence-corrected chi connectivity index (χ1v) is 8.48. The van der Waals surface area contributed by atoms with E-state index < -0.39 is 0 Å². The van der Waals surface area contributed by atoms with E-state index in [-0.39, 0.29) is 5.54 Å². The highest BCUT2D eigenvalue weighted by atomic mass is 16.5. The second-order valence-corrected chi connectivity index (χ2v) is 7.39. The van der Waals surface area contributed by atoms with Crippen molar-refractivity contribution in [1.29, 1.82) is 0 Å². The van der Waals surface area contributed by atoms with E-state index in [9.17, 15) is 0 Å². The Kier molecular flexibility index (Phi) is 4.65. The van der Waals surface area contributed by atoms with E-state index in [0.29, 0.717) is 0 Å². The summed E-state index contributed by atoms with van der Waals surface area (Å²) in [6.07, 6.45) is 6.43. The van der Waals surface area contributed by atoms with Crippen molar-refractivity contribution < 1.29 is 4.74 Å². The number of nitrogens with zero attached hydrogens (tertiary/aromatic N) is 2. The van der Waals surface area contributed by atoms with Gasteiger partial charge in [0.2, 0.25) is 0 Å². The fourth-order valence-electron chi connectivity index (χ4n) is 4.49. The molecule has 3 aliphatic rings. The first-order chi connectivity index (χ1) is 9.65. The lowest BCUT2D eigenvalue weighted by atomic mass is 9.77. The number of morpholine rings is 1. The summed E-state index contributed by atoms with van der Waals surface area (Å²) in [6, 6.07) is 0.739. The summed E-state index contributed by atoms with van der Waals surface area (Å²) in [5.74, 6) is 0.811. The van der Waals surface area contributed by atoms with Gasteiger partial charge in [0.1, 0.15) is 0 Å². The van der Waals surface area contributed by atoms with Crippen LogP contribution >= 0.6 is 0 Å². The summed E-state index contributed by atoms with van der Waals surface area (Å²) in [7, 11) is 0. The molecule has 2 aliphatic heterocycles. The smallest absolute Gasteiger partial charge is 0.0594 e. The Labute approximate surface area is 123 Å². The summed E-state index contributed by atoms with van der Waals surface area (Å²) in [6.45, 7) is 9.97. The van der Waals surface area contributed by atoms with Crippen molar-refractivity contribution in [2.75, 3.05) is 45.9 Å². The zero-order chi connectivity index (χ0) is 14.0. The molecule has 0 aromatic carbocycles. The number of hydrogen-bond acceptors (Lipinski definition) is 4. The molecular formula is C16H31N3O. The van der Waals surface area contributed by atoms with Gasteiger partial charge in [0.15, 0.2) is 0 Å². The number of likely N-dealkylation sites (tertiary alicyclic amines) is 1. The van der Waals surface area contributed by atoms with Gasteiger partial charge in [0, 0.05) is 37.8 Å². The highest BCUT2D eigenvalue weighted by molar-refractivity contribution is 4.95. The average Bonchev–Trinajstić information content (AvgIpc) is 2.87. The number of nitrogens with two attached hydrogens (primary N) is 1. The van der Waals surface area contributed by atoms with Gasteiger partial charge in [-0.05, 0) is 31.7 Å². The van der Waals surface area contributed by atoms with Crippen molar-refractivity contribution in [1.82, 2.24) is 9.80 Å². The zero-order valence-corrected chi connectivity index (χ0v) is 13.0. The first-order valence-electron chi connectivity index (χ1n) is 8.48. The minimum atomic E-state index is 0.0809. The van der Waals surface area contributed by atoms with Crippen molar-refractivity contribution in [3.05, 3.63) is 0 Å². The maximum absolute atomic E-state index is 6.68. The normalized spacial score (nSPS) is 41.1. The van der Waals surface area contributed by atoms with Gasteiger partial charge in [0.05, 0.1) is 13.2 Å². The summed E-state index contributed by atoms with van der Waals surface area (Å²) < 4.78 is 5.46. The monoisotopic (exact) mass is 281 g/mol. The Balaban J connectivity index is 1.49. The number of rotatable bonds is 3. The SMILES string of the molecule is CC1CCCC(N)(CN2CCC(N3CCOCC3)C2)C1. The molecule has 116 valence electrons. The van der Waals surface area contributed by atoms with Crippen molar-refractivity contribution in [3.8, 4) is 0 Å². The van der Waals surface area contributed by atoms with Gasteiger partial charge >= 0.3 is 0 Å². The van der Waals surface area contributed by atoms with Crippen LogP contribution < -0.4 is 5.73 Å². The van der Waals surface area contributed by atoms with Crippen LogP contribution in [0.5, 0.6) is 0 Å². The van der Waals surface area contributed by atoms with E-state index in [1.807, 2.05) is 0 Å². The second kappa shape index (κ2) is 6.30. The fourth-order valence-corrected chi connectivity index (χ4v) is 4.49. The predicted molar refractivity (Wildman–Crippen MR) is 81.8 cm³/mol. The molecule has 0 bridgehead atoms. The largest absolute Gasteiger partial charge is 0.379 e. The van der Waals surface area contributed by atoms with E-state index >= 15 is 0 Å². The number of ether oxygens (including phenoxy) is 1. The molecule has 4 nitrogen and oxygen atoms in total. The Bertz CT molecular complexity index is 319. The molecule has 3 unspecified atom stereocenters. The van der Waals surface area contributed by atoms with Gasteiger partial charge in [-0.15, -0.1) is 0 Å². The molecule has 20 heavy (non-hydrogen) atoms. The van der Waals surface area contributed by atoms with Crippen LogP contribution in [0.4, 0.5) is 0 Å². The van der Waals surface area contributed by atoms with Gasteiger partial charge < -0.3 is 10.5 Å². The van der Waals surface area contributed by atoms with Gasteiger partial charge in [-0.1, -0.05) is 19.8 Å². The predicted octanol–water partition coefficient (Wildman–Crippen LogP) is 1.30. The van der Waals surface area contributed by atoms with Gasteiger partial charge in [-0.2, -0.15) is 0 Å². The molecule has 0 radical (unpaired) electrons. The third kappa shape index (κ3) is 3.53. The highest BCUT2D eigenvalue weighted by Crippen LogP contribution is 2.32. The van der Waals surface area contributed by atoms with Crippen LogP contribution in [0.3, 0.4) is 0 Å². The molecule has 3 atom stereocenters. The minimum absolute atomic E-state index is 0.0809. The van der Waals surface area contributed by atoms with Crippen molar-refractivity contribution in [2.24, 2.45) is 11.7 Å². The van der Waals surface area contributed by atoms with Crippen LogP contribution in [0.15, 0.2) is 0 Å². The molecule has 0 aromatic rings. The van der Waals surface area contributed by atoms with Crippen molar-refractivity contribution in [2.45, 2.75) is 50.6 Å². The van der Waals surface area contributed by atoms with Gasteiger partial charge in [0.25, 0.3) is 0 Å². The summed E-state index contributed by atoms with van der Waals surface area (Å²) in [5.41, 5.74) is 6.76. The molecule has 2 saturated heterocycles. The number of hydrogen-bond donors (Lipinski definition) is 1. The van der Waals surface area contributed by atoms with Gasteiger partial charge in [-0.25, -0.2) is 0 Å². The third-order valence-electron chi connectivity index (χ3n) is 5.47. The molecule has 0 aromatic heterocycles. The Morgan fingerprint density at radius 3 is 2.75 bits per heavy atom. The average molecular weight is 281 g/mol. The molecule has 1 aliphatic carbocycles. The molecule has 4 heteroatoms. The Hall–Kier alpha value is -0.160. The zero-order valence-electron chi connectivity index (χ0n) is 13.0. The molecular weight excluding hydrogens is 250 g/mol. The second-order valence-electron chi connectivity index (χ2n) is 7.39. The van der Waals surface area contributed by atoms with Crippen LogP contribution in [0.1, 0.15) is 39.0 Å². The standard InChI is InChI=1S/C16H31N3O/c1-14-3-2-5-16(17,11-14)13-18-6-4-15(12-18)19-7-9-20-10-8-19/h14-15H,2-13,17H2,1H3. The molecule has 0 amide bonds. The molecule has 0 spiro atoms. The summed E-state index contributed by atoms with van der Waals surface area (Å²) in [5, 5.41) is 0. The van der Waals surface area contributed by atoms with Crippen LogP contribution in [-0.2, 0) is 4.74 Å². The molecule has 3 fully saturated rings. The van der Waals surface area contributed by atoms with E-state index in [2.05, 4.69) is 16.7 Å². The third-order valence-corrected chi connectivity index (χ3v) is 5.47. The maximum atomic E-state index is 6.68. The lowest BCUT2D eigenvalue weighted by Gasteiger charge is -2.40. The highest BCUT2D eigenvalue weighted by Gasteiger charge is 2.36. The van der Waals surface area contributed by atoms with E-state index in [0.717, 1.165) is 44.8 Å². The Morgan fingerprint density at radius 1 is 1.20 bits per heavy atom. The quantitative estimate of drug-likeness (QED) is 0.847. The van der Waals surface area contributed by atoms with Crippen LogP contribution in [0, 0.1) is 5.92 Å². The van der Waals surface area contributed by atoms with Gasteiger partial charge in [-0.3, -0.25) is 9.80 Å². The topological polar surface area (TPSA) is 41.7 Å². The Morgan fingerprint density at radius 2 is 2.00 bits per heavy atom. The van der Waals surface area contributed by atoms with Crippen LogP contribution in [0.25, 0.3) is 0 Å². The molecule has 2 heterocycles. The van der Waals surface area contributed by atoms with Crippen molar-refractivity contribution in [3.63, 3.8) is 0 Å². The molecule has 2 N–H and O–H groups in total.